The van der Waals surface area contributed by atoms with Crippen LogP contribution in [0, 0.1) is 17.3 Å². The Hall–Kier alpha value is -5.26. The van der Waals surface area contributed by atoms with Gasteiger partial charge in [0, 0.05) is 91.8 Å². The molecule has 1 saturated carbocycles. The molecule has 4 aromatic rings. The van der Waals surface area contributed by atoms with E-state index in [1.54, 1.807) is 37.4 Å². The molecule has 6 heterocycles. The highest BCUT2D eigenvalue weighted by atomic mass is 32.2. The van der Waals surface area contributed by atoms with Crippen molar-refractivity contribution in [3.63, 3.8) is 0 Å². The number of likely N-dealkylation sites (N-methyl/N-ethyl adjacent to an activating group) is 1. The van der Waals surface area contributed by atoms with Crippen molar-refractivity contribution in [1.29, 1.82) is 0 Å². The summed E-state index contributed by atoms with van der Waals surface area (Å²) < 4.78 is 14.5. The number of esters is 1. The van der Waals surface area contributed by atoms with Gasteiger partial charge in [0.05, 0.1) is 30.0 Å². The minimum atomic E-state index is -1.31. The van der Waals surface area contributed by atoms with Crippen LogP contribution in [0.5, 0.6) is 5.75 Å². The zero-order valence-corrected chi connectivity index (χ0v) is 42.0. The van der Waals surface area contributed by atoms with Crippen molar-refractivity contribution in [3.8, 4) is 28.1 Å². The normalized spacial score (nSPS) is 25.6. The summed E-state index contributed by atoms with van der Waals surface area (Å²) >= 11 is 1.45. The number of nitrogens with zero attached hydrogens (tertiary/aromatic N) is 4. The fraction of sp³-hybridized carbons (Fsp3) is 0.528. The summed E-state index contributed by atoms with van der Waals surface area (Å²) in [6, 6.07) is 13.8. The number of carbonyl (C=O) groups is 4. The third-order valence-electron chi connectivity index (χ3n) is 15.0. The Morgan fingerprint density at radius 3 is 2.59 bits per heavy atom. The lowest BCUT2D eigenvalue weighted by molar-refractivity contribution is -0.160. The number of thioether (sulfide) groups is 1. The molecule has 0 unspecified atom stereocenters. The van der Waals surface area contributed by atoms with E-state index in [4.69, 9.17) is 14.5 Å². The van der Waals surface area contributed by atoms with E-state index >= 15 is 4.79 Å². The van der Waals surface area contributed by atoms with Crippen molar-refractivity contribution < 1.29 is 33.8 Å². The molecule has 2 aromatic heterocycles. The Morgan fingerprint density at radius 1 is 1.07 bits per heavy atom. The van der Waals surface area contributed by atoms with Crippen molar-refractivity contribution in [1.82, 2.24) is 40.8 Å². The van der Waals surface area contributed by atoms with E-state index in [2.05, 4.69) is 64.9 Å². The van der Waals surface area contributed by atoms with Crippen LogP contribution in [-0.2, 0) is 48.0 Å². The lowest BCUT2D eigenvalue weighted by atomic mass is 9.83. The van der Waals surface area contributed by atoms with Gasteiger partial charge in [-0.25, -0.2) is 10.2 Å². The molecule has 9 rings (SSSR count). The first-order valence-corrected chi connectivity index (χ1v) is 25.6. The van der Waals surface area contributed by atoms with Crippen LogP contribution in [-0.4, -0.2) is 118 Å². The van der Waals surface area contributed by atoms with Crippen molar-refractivity contribution in [2.24, 2.45) is 17.3 Å². The van der Waals surface area contributed by atoms with E-state index in [-0.39, 0.29) is 61.3 Å². The van der Waals surface area contributed by atoms with Gasteiger partial charge in [-0.15, -0.1) is 0 Å². The molecule has 1 aliphatic carbocycles. The Balaban J connectivity index is 1.14. The molecular formula is C53H68N8O7S. The van der Waals surface area contributed by atoms with Crippen molar-refractivity contribution in [2.45, 2.75) is 122 Å². The maximum atomic E-state index is 15.1. The maximum Gasteiger partial charge on any atom is 0.333 e. The molecule has 69 heavy (non-hydrogen) atoms. The largest absolute Gasteiger partial charge is 0.508 e. The molecular weight excluding hydrogens is 893 g/mol. The molecule has 15 nitrogen and oxygen atoms in total. The number of amides is 3. The average molecular weight is 961 g/mol. The summed E-state index contributed by atoms with van der Waals surface area (Å²) in [4.78, 5) is 66.1. The first kappa shape index (κ1) is 48.8. The van der Waals surface area contributed by atoms with Crippen LogP contribution in [0.2, 0.25) is 0 Å². The quantitative estimate of drug-likeness (QED) is 0.113. The van der Waals surface area contributed by atoms with Gasteiger partial charge in [0.1, 0.15) is 17.8 Å². The van der Waals surface area contributed by atoms with Gasteiger partial charge >= 0.3 is 5.97 Å². The molecule has 3 amide bonds. The van der Waals surface area contributed by atoms with Crippen LogP contribution >= 0.6 is 11.8 Å². The van der Waals surface area contributed by atoms with E-state index in [0.717, 1.165) is 69.0 Å². The highest BCUT2D eigenvalue weighted by molar-refractivity contribution is 8.12. The molecule has 16 heteroatoms. The van der Waals surface area contributed by atoms with Crippen molar-refractivity contribution >= 4 is 46.4 Å². The van der Waals surface area contributed by atoms with Crippen LogP contribution in [0.15, 0.2) is 65.0 Å². The Kier molecular flexibility index (Phi) is 13.8. The number of pyridine rings is 1. The van der Waals surface area contributed by atoms with Gasteiger partial charge in [-0.2, -0.15) is 0 Å². The molecule has 5 N–H and O–H groups in total. The van der Waals surface area contributed by atoms with Gasteiger partial charge in [-0.3, -0.25) is 24.4 Å². The topological polar surface area (TPSA) is 179 Å². The first-order valence-electron chi connectivity index (χ1n) is 24.7. The fourth-order valence-corrected chi connectivity index (χ4v) is 12.2. The summed E-state index contributed by atoms with van der Waals surface area (Å²) in [7, 11) is 3.37. The number of carbonyl (C=O) groups excluding carboxylic acids is 4. The van der Waals surface area contributed by atoms with E-state index < -0.39 is 40.8 Å². The SMILES string of the molecule is CCn1c(-c2cccnc2[C@H](C)OC)c2c3cc(ccc31)-c1cc(O)cc(c1)C[C@H](NC(=O)[C@H](C(C)C)N(C)C(=O)[C@H]1CC[C@H]3NCCN[C@@H]13)C(=O)N1CCC[C@@](C3=CS3)(N1)C(=O)OCC(C)(C)C2. The lowest BCUT2D eigenvalue weighted by Gasteiger charge is -2.42. The van der Waals surface area contributed by atoms with Crippen LogP contribution in [0.1, 0.15) is 90.2 Å². The fourth-order valence-electron chi connectivity index (χ4n) is 11.5. The number of phenolic OH excluding ortho intramolecular Hbond substituents is 1. The number of fused-ring (bicyclic) bond motifs is 7. The summed E-state index contributed by atoms with van der Waals surface area (Å²) in [5.41, 5.74) is 8.56. The third kappa shape index (κ3) is 9.42. The van der Waals surface area contributed by atoms with E-state index in [1.165, 1.54) is 16.8 Å². The number of aromatic hydroxyl groups is 1. The lowest BCUT2D eigenvalue weighted by Crippen LogP contribution is -2.67. The number of cyclic esters (lactones) is 1. The van der Waals surface area contributed by atoms with E-state index in [1.807, 2.05) is 44.4 Å². The number of hydrogen-bond donors (Lipinski definition) is 5. The van der Waals surface area contributed by atoms with Crippen LogP contribution in [0.4, 0.5) is 0 Å². The molecule has 6 bridgehead atoms. The van der Waals surface area contributed by atoms with Crippen LogP contribution in [0.25, 0.3) is 33.3 Å². The molecule has 368 valence electrons. The second kappa shape index (κ2) is 19.5. The van der Waals surface area contributed by atoms with E-state index in [9.17, 15) is 19.5 Å². The van der Waals surface area contributed by atoms with Crippen LogP contribution in [0.3, 0.4) is 0 Å². The molecule has 0 spiro atoms. The smallest absolute Gasteiger partial charge is 0.333 e. The van der Waals surface area contributed by atoms with Gasteiger partial charge < -0.3 is 40.0 Å². The van der Waals surface area contributed by atoms with Gasteiger partial charge in [0.25, 0.3) is 5.91 Å². The second-order valence-electron chi connectivity index (χ2n) is 20.8. The molecule has 4 aliphatic heterocycles. The molecule has 3 fully saturated rings. The summed E-state index contributed by atoms with van der Waals surface area (Å²) in [6.07, 6.45) is 4.56. The van der Waals surface area contributed by atoms with E-state index in [0.29, 0.717) is 37.8 Å². The third-order valence-corrected chi connectivity index (χ3v) is 15.8. The minimum absolute atomic E-state index is 0.0119. The number of phenols is 1. The zero-order chi connectivity index (χ0) is 48.9. The number of piperazine rings is 1. The monoisotopic (exact) mass is 960 g/mol. The molecule has 2 aromatic carbocycles. The summed E-state index contributed by atoms with van der Waals surface area (Å²) in [6.45, 7) is 14.8. The Labute approximate surface area is 409 Å². The molecule has 7 atom stereocenters. The van der Waals surface area contributed by atoms with Gasteiger partial charge in [0.15, 0.2) is 5.54 Å². The second-order valence-corrected chi connectivity index (χ2v) is 21.7. The number of hydrogen-bond acceptors (Lipinski definition) is 12. The van der Waals surface area contributed by atoms with Gasteiger partial charge in [-0.05, 0) is 116 Å². The molecule has 5 aliphatic rings. The predicted octanol–water partition coefficient (Wildman–Crippen LogP) is 6.23. The Bertz CT molecular complexity index is 2680. The Morgan fingerprint density at radius 2 is 1.86 bits per heavy atom. The minimum Gasteiger partial charge on any atom is -0.508 e. The predicted molar refractivity (Wildman–Crippen MR) is 268 cm³/mol. The molecule has 0 radical (unpaired) electrons. The first-order chi connectivity index (χ1) is 33.0. The van der Waals surface area contributed by atoms with Crippen molar-refractivity contribution in [2.75, 3.05) is 40.4 Å². The highest BCUT2D eigenvalue weighted by Gasteiger charge is 2.52. The van der Waals surface area contributed by atoms with Gasteiger partial charge in [0.2, 0.25) is 11.8 Å². The number of aromatic nitrogens is 2. The maximum absolute atomic E-state index is 15.1. The number of nitrogens with one attached hydrogen (secondary N) is 4. The number of aryl methyl sites for hydroxylation is 1. The van der Waals surface area contributed by atoms with Gasteiger partial charge in [-0.1, -0.05) is 51.6 Å². The van der Waals surface area contributed by atoms with Crippen molar-refractivity contribution in [3.05, 3.63) is 81.9 Å². The summed E-state index contributed by atoms with van der Waals surface area (Å²) in [5.74, 6) is -2.03. The number of hydrazine groups is 1. The number of ether oxygens (including phenoxy) is 2. The average Bonchev–Trinajstić information content (AvgIpc) is 4.05. The molecule has 2 saturated heterocycles. The zero-order valence-electron chi connectivity index (χ0n) is 41.2. The number of methoxy groups -OCH3 is 1. The number of benzene rings is 2. The highest BCUT2D eigenvalue weighted by Crippen LogP contribution is 2.48. The van der Waals surface area contributed by atoms with Crippen LogP contribution < -0.4 is 21.4 Å². The standard InChI is InChI=1S/C53H68N8O7S/c1-9-60-42-16-13-33-26-38(42)39(47(60)36-12-10-18-55-44(36)31(4)67-8)27-52(5,6)29-68-51(66)53(43-28-69-43)17-11-21-61(58-53)50(65)41(24-32-22-34(33)25-35(62)23-32)57-48(63)46(30(2)3)59(7)49(64)37-14-15-40-45(37)56-20-19-54-40/h10,12-13,16,18,22-23,25-26,28,30-31,37,40-41,45-46,54,56,58,62H,9,11,14-15,17,19-21,24,27,29H2,1-8H3,(H,57,63)/t31-,37-,40+,41-,45-,46-,53-/m0/s1. The number of rotatable bonds is 10. The summed E-state index contributed by atoms with van der Waals surface area (Å²) in [5, 5.41) is 26.0.